The summed E-state index contributed by atoms with van der Waals surface area (Å²) in [6, 6.07) is 7.05. The molecular formula is C7H7IO2. The number of hydrogen-bond donors (Lipinski definition) is 1. The van der Waals surface area contributed by atoms with Crippen molar-refractivity contribution in [1.29, 1.82) is 0 Å². The van der Waals surface area contributed by atoms with Crippen molar-refractivity contribution in [3.8, 4) is 5.75 Å². The lowest BCUT2D eigenvalue weighted by Gasteiger charge is -1.87. The van der Waals surface area contributed by atoms with E-state index in [-0.39, 0.29) is 0 Å². The van der Waals surface area contributed by atoms with E-state index < -0.39 is 0 Å². The minimum absolute atomic E-state index is 0.324. The molecule has 0 radical (unpaired) electrons. The van der Waals surface area contributed by atoms with E-state index in [0.29, 0.717) is 5.75 Å². The SMILES string of the molecule is C=O.Oc1ccc(I)cc1. The van der Waals surface area contributed by atoms with Crippen LogP contribution in [0.2, 0.25) is 0 Å². The molecule has 1 rings (SSSR count). The average Bonchev–Trinajstić information content (AvgIpc) is 2.00. The van der Waals surface area contributed by atoms with Gasteiger partial charge in [-0.15, -0.1) is 0 Å². The zero-order valence-corrected chi connectivity index (χ0v) is 7.41. The van der Waals surface area contributed by atoms with Crippen molar-refractivity contribution in [3.05, 3.63) is 27.8 Å². The average molecular weight is 250 g/mol. The third-order valence-corrected chi connectivity index (χ3v) is 1.55. The Morgan fingerprint density at radius 2 is 1.60 bits per heavy atom. The monoisotopic (exact) mass is 250 g/mol. The summed E-state index contributed by atoms with van der Waals surface area (Å²) in [5, 5.41) is 8.75. The van der Waals surface area contributed by atoms with Gasteiger partial charge in [0.2, 0.25) is 0 Å². The smallest absolute Gasteiger partial charge is 0.115 e. The summed E-state index contributed by atoms with van der Waals surface area (Å²) in [6.07, 6.45) is 0. The molecule has 0 amide bonds. The Balaban J connectivity index is 0.000000371. The molecule has 0 unspecified atom stereocenters. The molecule has 0 aliphatic heterocycles. The number of benzene rings is 1. The number of hydrogen-bond acceptors (Lipinski definition) is 2. The van der Waals surface area contributed by atoms with Crippen LogP contribution in [-0.4, -0.2) is 11.9 Å². The largest absolute Gasteiger partial charge is 0.508 e. The lowest BCUT2D eigenvalue weighted by molar-refractivity contribution is -0.0979. The highest BCUT2D eigenvalue weighted by Gasteiger charge is 1.83. The summed E-state index contributed by atoms with van der Waals surface area (Å²) >= 11 is 2.19. The Hall–Kier alpha value is -0.580. The topological polar surface area (TPSA) is 37.3 Å². The fraction of sp³-hybridized carbons (Fsp3) is 0. The van der Waals surface area contributed by atoms with Crippen LogP contribution in [0.1, 0.15) is 0 Å². The van der Waals surface area contributed by atoms with Gasteiger partial charge in [0.15, 0.2) is 0 Å². The van der Waals surface area contributed by atoms with Gasteiger partial charge in [0.1, 0.15) is 12.5 Å². The lowest BCUT2D eigenvalue weighted by Crippen LogP contribution is -1.65. The van der Waals surface area contributed by atoms with Crippen molar-refractivity contribution in [2.24, 2.45) is 0 Å². The van der Waals surface area contributed by atoms with Crippen molar-refractivity contribution in [3.63, 3.8) is 0 Å². The Bertz CT molecular complexity index is 162. The molecule has 0 aliphatic rings. The van der Waals surface area contributed by atoms with Crippen molar-refractivity contribution in [2.75, 3.05) is 0 Å². The van der Waals surface area contributed by atoms with Gasteiger partial charge in [0.05, 0.1) is 0 Å². The maximum atomic E-state index is 8.75. The maximum absolute atomic E-state index is 8.75. The molecule has 0 fully saturated rings. The molecule has 0 spiro atoms. The van der Waals surface area contributed by atoms with Gasteiger partial charge in [-0.2, -0.15) is 0 Å². The van der Waals surface area contributed by atoms with Gasteiger partial charge in [-0.25, -0.2) is 0 Å². The van der Waals surface area contributed by atoms with Gasteiger partial charge in [-0.1, -0.05) is 0 Å². The molecule has 0 atom stereocenters. The third-order valence-electron chi connectivity index (χ3n) is 0.827. The molecule has 54 valence electrons. The lowest BCUT2D eigenvalue weighted by atomic mass is 10.3. The summed E-state index contributed by atoms with van der Waals surface area (Å²) in [6.45, 7) is 2.00. The number of rotatable bonds is 0. The molecule has 1 aromatic rings. The number of phenolic OH excluding ortho intramolecular Hbond substituents is 1. The first-order valence-corrected chi connectivity index (χ1v) is 3.60. The van der Waals surface area contributed by atoms with E-state index >= 15 is 0 Å². The molecule has 0 saturated carbocycles. The zero-order valence-electron chi connectivity index (χ0n) is 5.25. The highest BCUT2D eigenvalue weighted by atomic mass is 127. The Labute approximate surface area is 73.0 Å². The van der Waals surface area contributed by atoms with E-state index in [1.54, 1.807) is 12.1 Å². The predicted molar refractivity (Wildman–Crippen MR) is 47.9 cm³/mol. The molecule has 1 N–H and O–H groups in total. The second kappa shape index (κ2) is 5.22. The molecule has 0 heterocycles. The van der Waals surface area contributed by atoms with Crippen molar-refractivity contribution < 1.29 is 9.90 Å². The van der Waals surface area contributed by atoms with Crippen molar-refractivity contribution >= 4 is 29.4 Å². The van der Waals surface area contributed by atoms with Crippen LogP contribution in [0.15, 0.2) is 24.3 Å². The molecule has 0 bridgehead atoms. The number of aromatic hydroxyl groups is 1. The number of carbonyl (C=O) groups excluding carboxylic acids is 1. The fourth-order valence-corrected chi connectivity index (χ4v) is 0.801. The molecule has 0 saturated heterocycles. The second-order valence-electron chi connectivity index (χ2n) is 1.48. The van der Waals surface area contributed by atoms with Crippen LogP contribution in [0.25, 0.3) is 0 Å². The Morgan fingerprint density at radius 3 is 1.90 bits per heavy atom. The predicted octanol–water partition coefficient (Wildman–Crippen LogP) is 1.81. The van der Waals surface area contributed by atoms with Crippen LogP contribution in [0, 0.1) is 3.57 Å². The summed E-state index contributed by atoms with van der Waals surface area (Å²) in [5.41, 5.74) is 0. The van der Waals surface area contributed by atoms with Gasteiger partial charge in [-0.05, 0) is 46.9 Å². The van der Waals surface area contributed by atoms with Crippen LogP contribution in [0.3, 0.4) is 0 Å². The van der Waals surface area contributed by atoms with E-state index in [0.717, 1.165) is 3.57 Å². The normalized spacial score (nSPS) is 7.70. The second-order valence-corrected chi connectivity index (χ2v) is 2.72. The van der Waals surface area contributed by atoms with Gasteiger partial charge in [0, 0.05) is 3.57 Å². The maximum Gasteiger partial charge on any atom is 0.115 e. The minimum Gasteiger partial charge on any atom is -0.508 e. The van der Waals surface area contributed by atoms with E-state index in [4.69, 9.17) is 9.90 Å². The fourth-order valence-electron chi connectivity index (χ4n) is 0.441. The van der Waals surface area contributed by atoms with Crippen LogP contribution < -0.4 is 0 Å². The van der Waals surface area contributed by atoms with Gasteiger partial charge >= 0.3 is 0 Å². The highest BCUT2D eigenvalue weighted by molar-refractivity contribution is 14.1. The van der Waals surface area contributed by atoms with E-state index in [2.05, 4.69) is 22.6 Å². The molecule has 10 heavy (non-hydrogen) atoms. The number of halogens is 1. The van der Waals surface area contributed by atoms with Crippen LogP contribution >= 0.6 is 22.6 Å². The first-order valence-electron chi connectivity index (χ1n) is 2.52. The minimum atomic E-state index is 0.324. The third kappa shape index (κ3) is 3.45. The quantitative estimate of drug-likeness (QED) is 0.713. The van der Waals surface area contributed by atoms with Crippen LogP contribution in [-0.2, 0) is 4.79 Å². The Kier molecular flexibility index (Phi) is 4.92. The molecule has 0 aromatic heterocycles. The van der Waals surface area contributed by atoms with Crippen LogP contribution in [0.4, 0.5) is 0 Å². The number of carbonyl (C=O) groups is 1. The summed E-state index contributed by atoms with van der Waals surface area (Å²) in [5.74, 6) is 0.324. The molecule has 1 aromatic carbocycles. The first-order chi connectivity index (χ1) is 4.79. The van der Waals surface area contributed by atoms with E-state index in [9.17, 15) is 0 Å². The standard InChI is InChI=1S/C6H5IO.CH2O/c7-5-1-3-6(8)4-2-5;1-2/h1-4,8H;1H2. The van der Waals surface area contributed by atoms with E-state index in [1.807, 2.05) is 18.9 Å². The summed E-state index contributed by atoms with van der Waals surface area (Å²) in [7, 11) is 0. The van der Waals surface area contributed by atoms with Crippen LogP contribution in [0.5, 0.6) is 5.75 Å². The molecule has 0 aliphatic carbocycles. The van der Waals surface area contributed by atoms with Gasteiger partial charge in [0.25, 0.3) is 0 Å². The Morgan fingerprint density at radius 1 is 1.20 bits per heavy atom. The molecule has 3 heteroatoms. The van der Waals surface area contributed by atoms with Gasteiger partial charge in [-0.3, -0.25) is 0 Å². The summed E-state index contributed by atoms with van der Waals surface area (Å²) < 4.78 is 1.14. The molecule has 2 nitrogen and oxygen atoms in total. The van der Waals surface area contributed by atoms with Crippen molar-refractivity contribution in [1.82, 2.24) is 0 Å². The highest BCUT2D eigenvalue weighted by Crippen LogP contribution is 2.10. The number of phenols is 1. The molecular weight excluding hydrogens is 243 g/mol. The zero-order chi connectivity index (χ0) is 7.98. The first kappa shape index (κ1) is 9.42. The van der Waals surface area contributed by atoms with Gasteiger partial charge < -0.3 is 9.90 Å². The summed E-state index contributed by atoms with van der Waals surface area (Å²) in [4.78, 5) is 8.00. The van der Waals surface area contributed by atoms with Crippen molar-refractivity contribution in [2.45, 2.75) is 0 Å². The van der Waals surface area contributed by atoms with E-state index in [1.165, 1.54) is 0 Å².